The van der Waals surface area contributed by atoms with E-state index >= 15 is 4.39 Å². The van der Waals surface area contributed by atoms with Gasteiger partial charge in [0, 0.05) is 0 Å². The number of ether oxygens (including phenoxy) is 2. The van der Waals surface area contributed by atoms with Gasteiger partial charge in [-0.3, -0.25) is 0 Å². The third kappa shape index (κ3) is 3.26. The van der Waals surface area contributed by atoms with Crippen LogP contribution in [0, 0.1) is 0 Å². The highest BCUT2D eigenvalue weighted by molar-refractivity contribution is 5.93. The second kappa shape index (κ2) is 6.66. The maximum atomic E-state index is 15.3. The van der Waals surface area contributed by atoms with Crippen molar-refractivity contribution in [2.75, 3.05) is 0 Å². The third-order valence-corrected chi connectivity index (χ3v) is 5.24. The van der Waals surface area contributed by atoms with E-state index in [4.69, 9.17) is 9.47 Å². The molecule has 4 rings (SSSR count). The van der Waals surface area contributed by atoms with Crippen LogP contribution in [0.15, 0.2) is 77.4 Å². The molecular weight excluding hydrogens is 355 g/mol. The Kier molecular flexibility index (Phi) is 4.41. The third-order valence-electron chi connectivity index (χ3n) is 5.24. The van der Waals surface area contributed by atoms with Crippen LogP contribution in [0.5, 0.6) is 0 Å². The Balaban J connectivity index is 1.65. The average molecular weight is 380 g/mol. The molecule has 0 amide bonds. The lowest BCUT2D eigenvalue weighted by atomic mass is 9.93. The summed E-state index contributed by atoms with van der Waals surface area (Å²) in [7, 11) is 0. The molecule has 0 bridgehead atoms. The number of benzene rings is 2. The van der Waals surface area contributed by atoms with Gasteiger partial charge in [0.2, 0.25) is 11.7 Å². The molecule has 2 aliphatic rings. The molecule has 0 radical (unpaired) electrons. The van der Waals surface area contributed by atoms with Gasteiger partial charge in [-0.15, -0.1) is 0 Å². The van der Waals surface area contributed by atoms with Crippen LogP contribution in [0.1, 0.15) is 50.9 Å². The van der Waals surface area contributed by atoms with Crippen molar-refractivity contribution >= 4 is 5.90 Å². The minimum absolute atomic E-state index is 0.0223. The summed E-state index contributed by atoms with van der Waals surface area (Å²) in [4.78, 5) is 4.54. The SMILES string of the molecule is CC1(C)OC(/C(F)=C2/N[C@@H](c3ccccc3)C(C)(C)O2)=N[C@H]1c1ccccc1. The van der Waals surface area contributed by atoms with E-state index in [0.29, 0.717) is 0 Å². The van der Waals surface area contributed by atoms with Crippen LogP contribution < -0.4 is 5.32 Å². The second-order valence-electron chi connectivity index (χ2n) is 8.29. The molecule has 1 N–H and O–H groups in total. The normalized spacial score (nSPS) is 26.7. The molecule has 0 saturated carbocycles. The Morgan fingerprint density at radius 2 is 1.43 bits per heavy atom. The fraction of sp³-hybridized carbons (Fsp3) is 0.348. The molecule has 2 aromatic rings. The second-order valence-corrected chi connectivity index (χ2v) is 8.29. The maximum Gasteiger partial charge on any atom is 0.252 e. The summed E-state index contributed by atoms with van der Waals surface area (Å²) in [5.41, 5.74) is 0.762. The summed E-state index contributed by atoms with van der Waals surface area (Å²) in [5.74, 6) is -0.550. The first-order valence-electron chi connectivity index (χ1n) is 9.50. The van der Waals surface area contributed by atoms with Gasteiger partial charge in [-0.25, -0.2) is 4.99 Å². The van der Waals surface area contributed by atoms with E-state index in [1.165, 1.54) is 0 Å². The molecule has 0 unspecified atom stereocenters. The van der Waals surface area contributed by atoms with Gasteiger partial charge in [0.05, 0.1) is 6.04 Å². The molecular formula is C23H25FN2O2. The van der Waals surface area contributed by atoms with Crippen LogP contribution in [-0.4, -0.2) is 17.1 Å². The number of hydrogen-bond donors (Lipinski definition) is 1. The first kappa shape index (κ1) is 18.5. The Labute approximate surface area is 165 Å². The van der Waals surface area contributed by atoms with Crippen LogP contribution in [0.4, 0.5) is 4.39 Å². The van der Waals surface area contributed by atoms with E-state index in [9.17, 15) is 0 Å². The lowest BCUT2D eigenvalue weighted by Gasteiger charge is -2.25. The van der Waals surface area contributed by atoms with E-state index in [2.05, 4.69) is 10.3 Å². The first-order chi connectivity index (χ1) is 13.3. The van der Waals surface area contributed by atoms with E-state index in [1.54, 1.807) is 0 Å². The summed E-state index contributed by atoms with van der Waals surface area (Å²) in [6.45, 7) is 7.70. The van der Waals surface area contributed by atoms with Gasteiger partial charge >= 0.3 is 0 Å². The zero-order chi connectivity index (χ0) is 19.9. The largest absolute Gasteiger partial charge is 0.468 e. The van der Waals surface area contributed by atoms with Crippen LogP contribution in [0.25, 0.3) is 0 Å². The highest BCUT2D eigenvalue weighted by Gasteiger charge is 2.45. The summed E-state index contributed by atoms with van der Waals surface area (Å²) in [5, 5.41) is 3.18. The van der Waals surface area contributed by atoms with Crippen molar-refractivity contribution in [3.05, 3.63) is 83.5 Å². The zero-order valence-electron chi connectivity index (χ0n) is 16.6. The summed E-state index contributed by atoms with van der Waals surface area (Å²) in [6, 6.07) is 19.2. The van der Waals surface area contributed by atoms with Gasteiger partial charge in [-0.1, -0.05) is 60.7 Å². The number of nitrogens with one attached hydrogen (secondary N) is 1. The molecule has 0 aromatic heterocycles. The number of halogens is 1. The maximum absolute atomic E-state index is 15.3. The lowest BCUT2D eigenvalue weighted by molar-refractivity contribution is 0.0587. The van der Waals surface area contributed by atoms with Crippen molar-refractivity contribution < 1.29 is 13.9 Å². The number of aliphatic imine (C=N–C) groups is 1. The fourth-order valence-electron chi connectivity index (χ4n) is 3.81. The van der Waals surface area contributed by atoms with Gasteiger partial charge < -0.3 is 14.8 Å². The van der Waals surface area contributed by atoms with E-state index in [0.717, 1.165) is 11.1 Å². The zero-order valence-corrected chi connectivity index (χ0v) is 16.6. The smallest absolute Gasteiger partial charge is 0.252 e. The molecule has 0 aliphatic carbocycles. The van der Waals surface area contributed by atoms with Crippen LogP contribution in [0.2, 0.25) is 0 Å². The molecule has 2 atom stereocenters. The fourth-order valence-corrected chi connectivity index (χ4v) is 3.81. The molecule has 5 heteroatoms. The monoisotopic (exact) mass is 380 g/mol. The van der Waals surface area contributed by atoms with Crippen LogP contribution >= 0.6 is 0 Å². The molecule has 4 nitrogen and oxygen atoms in total. The van der Waals surface area contributed by atoms with Crippen LogP contribution in [-0.2, 0) is 9.47 Å². The minimum atomic E-state index is -0.651. The van der Waals surface area contributed by atoms with Crippen molar-refractivity contribution in [3.8, 4) is 0 Å². The summed E-state index contributed by atoms with van der Waals surface area (Å²) in [6.07, 6.45) is 0. The standard InChI is InChI=1S/C23H25FN2O2/c1-22(2)18(15-11-7-5-8-12-15)25-20(27-22)17(24)21-26-19(23(3,4)28-21)16-13-9-6-10-14-16/h5-14,18-19,25H,1-4H3/b20-17+/t18-,19-/m0/s1. The van der Waals surface area contributed by atoms with Crippen molar-refractivity contribution in [2.24, 2.45) is 4.99 Å². The molecule has 1 saturated heterocycles. The van der Waals surface area contributed by atoms with Gasteiger partial charge in [-0.2, -0.15) is 4.39 Å². The number of nitrogens with zero attached hydrogens (tertiary/aromatic N) is 1. The highest BCUT2D eigenvalue weighted by atomic mass is 19.1. The van der Waals surface area contributed by atoms with Gasteiger partial charge in [-0.05, 0) is 38.8 Å². The molecule has 2 heterocycles. The predicted octanol–water partition coefficient (Wildman–Crippen LogP) is 5.21. The number of rotatable bonds is 3. The molecule has 28 heavy (non-hydrogen) atoms. The van der Waals surface area contributed by atoms with Crippen molar-refractivity contribution in [1.82, 2.24) is 5.32 Å². The Morgan fingerprint density at radius 1 is 0.857 bits per heavy atom. The molecule has 146 valence electrons. The van der Waals surface area contributed by atoms with Crippen molar-refractivity contribution in [1.29, 1.82) is 0 Å². The van der Waals surface area contributed by atoms with E-state index in [1.807, 2.05) is 88.4 Å². The van der Waals surface area contributed by atoms with Gasteiger partial charge in [0.25, 0.3) is 5.90 Å². The predicted molar refractivity (Wildman–Crippen MR) is 107 cm³/mol. The van der Waals surface area contributed by atoms with Gasteiger partial charge in [0.15, 0.2) is 0 Å². The van der Waals surface area contributed by atoms with Crippen molar-refractivity contribution in [3.63, 3.8) is 0 Å². The average Bonchev–Trinajstić information content (AvgIpc) is 3.18. The molecule has 1 fully saturated rings. The minimum Gasteiger partial charge on any atom is -0.468 e. The highest BCUT2D eigenvalue weighted by Crippen LogP contribution is 2.42. The lowest BCUT2D eigenvalue weighted by Crippen LogP contribution is -2.29. The Bertz CT molecular complexity index is 920. The van der Waals surface area contributed by atoms with Gasteiger partial charge in [0.1, 0.15) is 17.2 Å². The summed E-state index contributed by atoms with van der Waals surface area (Å²) >= 11 is 0. The topological polar surface area (TPSA) is 42.8 Å². The Hall–Kier alpha value is -2.82. The van der Waals surface area contributed by atoms with E-state index in [-0.39, 0.29) is 23.9 Å². The summed E-state index contributed by atoms with van der Waals surface area (Å²) < 4.78 is 27.1. The molecule has 2 aromatic carbocycles. The molecule has 0 spiro atoms. The molecule has 2 aliphatic heterocycles. The van der Waals surface area contributed by atoms with Crippen LogP contribution in [0.3, 0.4) is 0 Å². The van der Waals surface area contributed by atoms with Crippen molar-refractivity contribution in [2.45, 2.75) is 51.0 Å². The number of hydrogen-bond acceptors (Lipinski definition) is 4. The quantitative estimate of drug-likeness (QED) is 0.794. The van der Waals surface area contributed by atoms with E-state index < -0.39 is 17.0 Å². The first-order valence-corrected chi connectivity index (χ1v) is 9.50. The Morgan fingerprint density at radius 3 is 2.04 bits per heavy atom.